The molecule has 1 aromatic carbocycles. The molecule has 0 aliphatic rings. The number of ether oxygens (including phenoxy) is 1. The van der Waals surface area contributed by atoms with Gasteiger partial charge in [0.25, 0.3) is 0 Å². The molecule has 0 fully saturated rings. The van der Waals surface area contributed by atoms with Crippen LogP contribution in [0.1, 0.15) is 39.2 Å². The van der Waals surface area contributed by atoms with Crippen LogP contribution in [-0.2, 0) is 0 Å². The second kappa shape index (κ2) is 7.72. The molecule has 0 saturated heterocycles. The van der Waals surface area contributed by atoms with Gasteiger partial charge in [-0.25, -0.2) is 4.98 Å². The predicted molar refractivity (Wildman–Crippen MR) is 92.9 cm³/mol. The van der Waals surface area contributed by atoms with Crippen LogP contribution in [0.5, 0.6) is 11.6 Å². The number of anilines is 1. The summed E-state index contributed by atoms with van der Waals surface area (Å²) in [5.41, 5.74) is 0.956. The Morgan fingerprint density at radius 1 is 1.17 bits per heavy atom. The summed E-state index contributed by atoms with van der Waals surface area (Å²) in [5.74, 6) is 1.14. The van der Waals surface area contributed by atoms with E-state index < -0.39 is 4.92 Å². The molecule has 0 radical (unpaired) electrons. The molecule has 0 amide bonds. The van der Waals surface area contributed by atoms with E-state index in [2.05, 4.69) is 23.8 Å². The van der Waals surface area contributed by atoms with Gasteiger partial charge in [0, 0.05) is 13.1 Å². The van der Waals surface area contributed by atoms with E-state index in [4.69, 9.17) is 4.74 Å². The van der Waals surface area contributed by atoms with Gasteiger partial charge < -0.3 is 9.64 Å². The van der Waals surface area contributed by atoms with Gasteiger partial charge >= 0.3 is 11.6 Å². The molecule has 2 aromatic rings. The molecule has 0 aliphatic heterocycles. The van der Waals surface area contributed by atoms with Gasteiger partial charge in [0.05, 0.1) is 4.92 Å². The molecule has 0 N–H and O–H groups in total. The molecule has 0 atom stereocenters. The van der Waals surface area contributed by atoms with Gasteiger partial charge in [-0.05, 0) is 37.5 Å². The van der Waals surface area contributed by atoms with Crippen molar-refractivity contribution in [1.82, 2.24) is 9.97 Å². The molecule has 7 nitrogen and oxygen atoms in total. The van der Waals surface area contributed by atoms with Crippen LogP contribution in [0.4, 0.5) is 11.5 Å². The smallest absolute Gasteiger partial charge is 0.373 e. The van der Waals surface area contributed by atoms with Crippen LogP contribution in [0.25, 0.3) is 0 Å². The second-order valence-corrected chi connectivity index (χ2v) is 5.61. The van der Waals surface area contributed by atoms with Gasteiger partial charge in [0.2, 0.25) is 5.82 Å². The van der Waals surface area contributed by atoms with Crippen LogP contribution in [-0.4, -0.2) is 28.0 Å². The first-order valence-electron chi connectivity index (χ1n) is 8.00. The van der Waals surface area contributed by atoms with Crippen molar-refractivity contribution in [3.63, 3.8) is 0 Å². The molecule has 0 aliphatic carbocycles. The highest BCUT2D eigenvalue weighted by Gasteiger charge is 2.27. The topological polar surface area (TPSA) is 81.4 Å². The molecule has 24 heavy (non-hydrogen) atoms. The fourth-order valence-electron chi connectivity index (χ4n) is 2.38. The number of hydrogen-bond donors (Lipinski definition) is 0. The van der Waals surface area contributed by atoms with Crippen molar-refractivity contribution in [2.75, 3.05) is 18.0 Å². The number of nitro groups is 1. The maximum absolute atomic E-state index is 11.5. The van der Waals surface area contributed by atoms with E-state index in [0.29, 0.717) is 24.8 Å². The summed E-state index contributed by atoms with van der Waals surface area (Å²) in [6.07, 6.45) is 1.29. The Balaban J connectivity index is 2.39. The first-order chi connectivity index (χ1) is 11.5. The van der Waals surface area contributed by atoms with Crippen LogP contribution < -0.4 is 9.64 Å². The van der Waals surface area contributed by atoms with Crippen molar-refractivity contribution in [1.29, 1.82) is 0 Å². The highest BCUT2D eigenvalue weighted by Crippen LogP contribution is 2.36. The number of aromatic nitrogens is 2. The standard InChI is InChI=1S/C17H22N4O3/c1-5-20(6-2)16-15(21(22)23)17(19-11-18-16)24-14-9-7-13(8-10-14)12(3)4/h7-12H,5-6H2,1-4H3. The van der Waals surface area contributed by atoms with Crippen LogP contribution in [0.3, 0.4) is 0 Å². The normalized spacial score (nSPS) is 10.7. The zero-order valence-corrected chi connectivity index (χ0v) is 14.4. The highest BCUT2D eigenvalue weighted by molar-refractivity contribution is 5.63. The Morgan fingerprint density at radius 3 is 2.29 bits per heavy atom. The predicted octanol–water partition coefficient (Wildman–Crippen LogP) is 4.15. The molecule has 0 unspecified atom stereocenters. The quantitative estimate of drug-likeness (QED) is 0.560. The third-order valence-corrected chi connectivity index (χ3v) is 3.78. The third kappa shape index (κ3) is 3.79. The van der Waals surface area contributed by atoms with E-state index >= 15 is 0 Å². The van der Waals surface area contributed by atoms with Crippen molar-refractivity contribution < 1.29 is 9.66 Å². The summed E-state index contributed by atoms with van der Waals surface area (Å²) in [4.78, 5) is 20.9. The van der Waals surface area contributed by atoms with E-state index in [1.807, 2.05) is 26.0 Å². The maximum atomic E-state index is 11.5. The summed E-state index contributed by atoms with van der Waals surface area (Å²) in [6.45, 7) is 9.25. The fraction of sp³-hybridized carbons (Fsp3) is 0.412. The van der Waals surface area contributed by atoms with Crippen molar-refractivity contribution in [2.24, 2.45) is 0 Å². The van der Waals surface area contributed by atoms with E-state index in [0.717, 1.165) is 0 Å². The lowest BCUT2D eigenvalue weighted by Crippen LogP contribution is -2.24. The Labute approximate surface area is 141 Å². The molecule has 0 bridgehead atoms. The monoisotopic (exact) mass is 330 g/mol. The van der Waals surface area contributed by atoms with Crippen molar-refractivity contribution in [2.45, 2.75) is 33.6 Å². The lowest BCUT2D eigenvalue weighted by Gasteiger charge is -2.19. The molecule has 2 rings (SSSR count). The minimum absolute atomic E-state index is 0.0470. The van der Waals surface area contributed by atoms with Gasteiger partial charge in [-0.15, -0.1) is 0 Å². The minimum atomic E-state index is -0.495. The SMILES string of the molecule is CCN(CC)c1ncnc(Oc2ccc(C(C)C)cc2)c1[N+](=O)[O-]. The third-order valence-electron chi connectivity index (χ3n) is 3.78. The summed E-state index contributed by atoms with van der Waals surface area (Å²) < 4.78 is 5.67. The summed E-state index contributed by atoms with van der Waals surface area (Å²) in [7, 11) is 0. The second-order valence-electron chi connectivity index (χ2n) is 5.61. The Morgan fingerprint density at radius 2 is 1.79 bits per heavy atom. The number of hydrogen-bond acceptors (Lipinski definition) is 6. The van der Waals surface area contributed by atoms with E-state index in [1.54, 1.807) is 17.0 Å². The van der Waals surface area contributed by atoms with E-state index in [-0.39, 0.29) is 17.4 Å². The Hall–Kier alpha value is -2.70. The lowest BCUT2D eigenvalue weighted by molar-refractivity contribution is -0.385. The molecular weight excluding hydrogens is 308 g/mol. The molecule has 0 spiro atoms. The molecule has 7 heteroatoms. The van der Waals surface area contributed by atoms with Crippen molar-refractivity contribution >= 4 is 11.5 Å². The molecule has 128 valence electrons. The van der Waals surface area contributed by atoms with Crippen molar-refractivity contribution in [3.8, 4) is 11.6 Å². The summed E-state index contributed by atoms with van der Waals surface area (Å²) in [5, 5.41) is 11.5. The fourth-order valence-corrected chi connectivity index (χ4v) is 2.38. The van der Waals surface area contributed by atoms with Gasteiger partial charge in [-0.2, -0.15) is 4.98 Å². The molecule has 1 aromatic heterocycles. The van der Waals surface area contributed by atoms with Crippen molar-refractivity contribution in [3.05, 3.63) is 46.3 Å². The van der Waals surface area contributed by atoms with E-state index in [1.165, 1.54) is 11.9 Å². The zero-order valence-electron chi connectivity index (χ0n) is 14.4. The number of benzene rings is 1. The zero-order chi connectivity index (χ0) is 17.7. The van der Waals surface area contributed by atoms with Gasteiger partial charge in [-0.3, -0.25) is 10.1 Å². The first kappa shape index (κ1) is 17.7. The lowest BCUT2D eigenvalue weighted by atomic mass is 10.0. The largest absolute Gasteiger partial charge is 0.434 e. The minimum Gasteiger partial charge on any atom is -0.434 e. The van der Waals surface area contributed by atoms with Crippen LogP contribution in [0.2, 0.25) is 0 Å². The van der Waals surface area contributed by atoms with E-state index in [9.17, 15) is 10.1 Å². The molecule has 0 saturated carbocycles. The summed E-state index contributed by atoms with van der Waals surface area (Å²) in [6, 6.07) is 7.47. The first-order valence-corrected chi connectivity index (χ1v) is 8.00. The van der Waals surface area contributed by atoms with Crippen LogP contribution >= 0.6 is 0 Å². The average molecular weight is 330 g/mol. The Kier molecular flexibility index (Phi) is 5.68. The highest BCUT2D eigenvalue weighted by atomic mass is 16.6. The molecule has 1 heterocycles. The van der Waals surface area contributed by atoms with Crippen LogP contribution in [0, 0.1) is 10.1 Å². The van der Waals surface area contributed by atoms with Gasteiger partial charge in [-0.1, -0.05) is 26.0 Å². The summed E-state index contributed by atoms with van der Waals surface area (Å²) >= 11 is 0. The van der Waals surface area contributed by atoms with Crippen LogP contribution in [0.15, 0.2) is 30.6 Å². The molecular formula is C17H22N4O3. The van der Waals surface area contributed by atoms with Gasteiger partial charge in [0.1, 0.15) is 12.1 Å². The maximum Gasteiger partial charge on any atom is 0.373 e. The number of nitrogens with zero attached hydrogens (tertiary/aromatic N) is 4. The Bertz CT molecular complexity index is 697. The average Bonchev–Trinajstić information content (AvgIpc) is 2.56. The number of rotatable bonds is 7. The van der Waals surface area contributed by atoms with Gasteiger partial charge in [0.15, 0.2) is 0 Å².